The van der Waals surface area contributed by atoms with Crippen molar-refractivity contribution >= 4 is 27.3 Å². The first-order valence-corrected chi connectivity index (χ1v) is 8.43. The van der Waals surface area contributed by atoms with Gasteiger partial charge < -0.3 is 5.32 Å². The Hall–Kier alpha value is -3.06. The fraction of sp³-hybridized carbons (Fsp3) is 0.0556. The molecule has 0 saturated heterocycles. The molecule has 0 aliphatic carbocycles. The number of nitrogens with zero attached hydrogens (tertiary/aromatic N) is 3. The van der Waals surface area contributed by atoms with Gasteiger partial charge in [-0.1, -0.05) is 12.1 Å². The molecule has 3 aromatic heterocycles. The molecule has 1 aromatic carbocycles. The van der Waals surface area contributed by atoms with E-state index in [0.29, 0.717) is 22.6 Å². The van der Waals surface area contributed by atoms with Crippen LogP contribution in [0.5, 0.6) is 0 Å². The third kappa shape index (κ3) is 3.14. The Bertz CT molecular complexity index is 1030. The van der Waals surface area contributed by atoms with Crippen molar-refractivity contribution in [1.29, 1.82) is 0 Å². The normalized spacial score (nSPS) is 10.9. The quantitative estimate of drug-likeness (QED) is 0.611. The second kappa shape index (κ2) is 6.45. The molecule has 4 rings (SSSR count). The minimum atomic E-state index is -0.314. The molecule has 0 spiro atoms. The number of hydrogen-bond donors (Lipinski definition) is 1. The van der Waals surface area contributed by atoms with Gasteiger partial charge in [-0.25, -0.2) is 14.1 Å². The number of nitrogens with one attached hydrogen (secondary N) is 1. The molecule has 3 heterocycles. The third-order valence-corrected chi connectivity index (χ3v) is 4.83. The zero-order chi connectivity index (χ0) is 17.2. The maximum atomic E-state index is 13.7. The lowest BCUT2D eigenvalue weighted by Gasteiger charge is -2.05. The van der Waals surface area contributed by atoms with Crippen LogP contribution >= 0.6 is 11.3 Å². The van der Waals surface area contributed by atoms with Gasteiger partial charge in [-0.3, -0.25) is 4.79 Å². The molecule has 0 aliphatic heterocycles. The van der Waals surface area contributed by atoms with Crippen LogP contribution in [0.1, 0.15) is 15.2 Å². The smallest absolute Gasteiger partial charge is 0.261 e. The van der Waals surface area contributed by atoms with E-state index < -0.39 is 0 Å². The van der Waals surface area contributed by atoms with Gasteiger partial charge >= 0.3 is 0 Å². The number of amides is 1. The zero-order valence-electron chi connectivity index (χ0n) is 13.0. The molecule has 0 unspecified atom stereocenters. The van der Waals surface area contributed by atoms with Crippen LogP contribution in [0.15, 0.2) is 61.1 Å². The lowest BCUT2D eigenvalue weighted by Crippen LogP contribution is -2.21. The number of pyridine rings is 1. The molecular formula is C18H13FN4OS. The number of aromatic nitrogens is 3. The Kier molecular flexibility index (Phi) is 3.99. The largest absolute Gasteiger partial charge is 0.347 e. The Morgan fingerprint density at radius 1 is 1.24 bits per heavy atom. The number of carbonyl (C=O) groups excluding carboxylic acids is 1. The van der Waals surface area contributed by atoms with Crippen molar-refractivity contribution < 1.29 is 9.18 Å². The summed E-state index contributed by atoms with van der Waals surface area (Å²) in [5.41, 5.74) is 0.872. The number of fused-ring (bicyclic) bond motifs is 1. The second-order valence-corrected chi connectivity index (χ2v) is 6.50. The summed E-state index contributed by atoms with van der Waals surface area (Å²) < 4.78 is 16.1. The van der Waals surface area contributed by atoms with Crippen LogP contribution in [0.4, 0.5) is 4.39 Å². The van der Waals surface area contributed by atoms with Crippen molar-refractivity contribution in [2.75, 3.05) is 0 Å². The molecule has 124 valence electrons. The molecule has 0 bridgehead atoms. The van der Waals surface area contributed by atoms with Crippen LogP contribution < -0.4 is 5.32 Å². The van der Waals surface area contributed by atoms with Crippen molar-refractivity contribution in [3.63, 3.8) is 0 Å². The molecular weight excluding hydrogens is 339 g/mol. The number of hydrogen-bond acceptors (Lipinski definition) is 4. The van der Waals surface area contributed by atoms with E-state index in [4.69, 9.17) is 0 Å². The van der Waals surface area contributed by atoms with Crippen molar-refractivity contribution in [3.8, 4) is 5.82 Å². The third-order valence-electron chi connectivity index (χ3n) is 3.73. The molecule has 0 atom stereocenters. The Labute approximate surface area is 146 Å². The minimum absolute atomic E-state index is 0.225. The van der Waals surface area contributed by atoms with Gasteiger partial charge in [0.25, 0.3) is 5.91 Å². The van der Waals surface area contributed by atoms with Crippen molar-refractivity contribution in [1.82, 2.24) is 20.1 Å². The maximum absolute atomic E-state index is 13.7. The fourth-order valence-electron chi connectivity index (χ4n) is 2.47. The first kappa shape index (κ1) is 15.5. The number of halogens is 1. The van der Waals surface area contributed by atoms with Gasteiger partial charge in [0.05, 0.1) is 4.88 Å². The summed E-state index contributed by atoms with van der Waals surface area (Å²) in [6.45, 7) is 0.349. The van der Waals surface area contributed by atoms with E-state index in [9.17, 15) is 9.18 Å². The van der Waals surface area contributed by atoms with Crippen molar-refractivity contribution in [2.24, 2.45) is 0 Å². The van der Waals surface area contributed by atoms with E-state index in [1.54, 1.807) is 35.3 Å². The number of benzene rings is 1. The van der Waals surface area contributed by atoms with E-state index in [1.165, 1.54) is 17.4 Å². The number of carbonyl (C=O) groups is 1. The highest BCUT2D eigenvalue weighted by Gasteiger charge is 2.12. The number of rotatable bonds is 4. The first-order valence-electron chi connectivity index (χ1n) is 7.62. The second-order valence-electron chi connectivity index (χ2n) is 5.42. The average molecular weight is 352 g/mol. The van der Waals surface area contributed by atoms with E-state index in [-0.39, 0.29) is 11.7 Å². The van der Waals surface area contributed by atoms with Gasteiger partial charge in [0.2, 0.25) is 0 Å². The van der Waals surface area contributed by atoms with Crippen LogP contribution in [0.2, 0.25) is 0 Å². The summed E-state index contributed by atoms with van der Waals surface area (Å²) in [4.78, 5) is 17.1. The predicted octanol–water partition coefficient (Wildman–Crippen LogP) is 3.55. The van der Waals surface area contributed by atoms with E-state index in [0.717, 1.165) is 10.3 Å². The summed E-state index contributed by atoms with van der Waals surface area (Å²) in [6.07, 6.45) is 5.19. The molecule has 7 heteroatoms. The monoisotopic (exact) mass is 352 g/mol. The molecule has 0 fully saturated rings. The highest BCUT2D eigenvalue weighted by molar-refractivity contribution is 7.20. The molecule has 25 heavy (non-hydrogen) atoms. The van der Waals surface area contributed by atoms with Crippen LogP contribution in [-0.2, 0) is 6.54 Å². The highest BCUT2D eigenvalue weighted by atomic mass is 32.1. The predicted molar refractivity (Wildman–Crippen MR) is 94.3 cm³/mol. The maximum Gasteiger partial charge on any atom is 0.261 e. The van der Waals surface area contributed by atoms with Gasteiger partial charge in [0.1, 0.15) is 5.82 Å². The van der Waals surface area contributed by atoms with E-state index in [1.807, 2.05) is 24.4 Å². The molecule has 0 aliphatic rings. The zero-order valence-corrected chi connectivity index (χ0v) is 13.8. The molecule has 0 radical (unpaired) electrons. The Morgan fingerprint density at radius 2 is 2.16 bits per heavy atom. The lowest BCUT2D eigenvalue weighted by atomic mass is 10.2. The first-order chi connectivity index (χ1) is 12.2. The molecule has 1 N–H and O–H groups in total. The summed E-state index contributed by atoms with van der Waals surface area (Å²) in [7, 11) is 0. The van der Waals surface area contributed by atoms with Crippen molar-refractivity contribution in [2.45, 2.75) is 6.54 Å². The summed E-state index contributed by atoms with van der Waals surface area (Å²) in [5.74, 6) is 0.169. The summed E-state index contributed by atoms with van der Waals surface area (Å²) in [6, 6.07) is 12.0. The van der Waals surface area contributed by atoms with Gasteiger partial charge in [0, 0.05) is 35.2 Å². The standard InChI is InChI=1S/C18H13FN4OS/c19-14-3-1-4-15-13(14)9-16(25-15)18(24)21-11-12-5-6-17(20-10-12)23-8-2-7-22-23/h1-10H,11H2,(H,21,24). The Balaban J connectivity index is 1.45. The van der Waals surface area contributed by atoms with Gasteiger partial charge in [-0.05, 0) is 35.9 Å². The molecule has 0 saturated carbocycles. The molecule has 5 nitrogen and oxygen atoms in total. The molecule has 1 amide bonds. The van der Waals surface area contributed by atoms with Crippen LogP contribution in [0.3, 0.4) is 0 Å². The van der Waals surface area contributed by atoms with Gasteiger partial charge in [-0.2, -0.15) is 5.10 Å². The topological polar surface area (TPSA) is 59.8 Å². The average Bonchev–Trinajstić information content (AvgIpc) is 3.30. The minimum Gasteiger partial charge on any atom is -0.347 e. The summed E-state index contributed by atoms with van der Waals surface area (Å²) >= 11 is 1.28. The van der Waals surface area contributed by atoms with Gasteiger partial charge in [-0.15, -0.1) is 11.3 Å². The van der Waals surface area contributed by atoms with Crippen LogP contribution in [0, 0.1) is 5.82 Å². The Morgan fingerprint density at radius 3 is 2.88 bits per heavy atom. The van der Waals surface area contributed by atoms with E-state index in [2.05, 4.69) is 15.4 Å². The van der Waals surface area contributed by atoms with Gasteiger partial charge in [0.15, 0.2) is 5.82 Å². The van der Waals surface area contributed by atoms with Crippen LogP contribution in [0.25, 0.3) is 15.9 Å². The van der Waals surface area contributed by atoms with Crippen molar-refractivity contribution in [3.05, 3.63) is 77.3 Å². The van der Waals surface area contributed by atoms with E-state index >= 15 is 0 Å². The lowest BCUT2D eigenvalue weighted by molar-refractivity contribution is 0.0955. The number of thiophene rings is 1. The summed E-state index contributed by atoms with van der Waals surface area (Å²) in [5, 5.41) is 7.42. The highest BCUT2D eigenvalue weighted by Crippen LogP contribution is 2.27. The van der Waals surface area contributed by atoms with Crippen LogP contribution in [-0.4, -0.2) is 20.7 Å². The fourth-order valence-corrected chi connectivity index (χ4v) is 3.46. The SMILES string of the molecule is O=C(NCc1ccc(-n2cccn2)nc1)c1cc2c(F)cccc2s1. The molecule has 4 aromatic rings.